The molecular weight excluding hydrogens is 733 g/mol. The summed E-state index contributed by atoms with van der Waals surface area (Å²) >= 11 is 0. The number of allylic oxidation sites excluding steroid dienone is 2. The maximum absolute atomic E-state index is 13.0. The Labute approximate surface area is 352 Å². The fourth-order valence-corrected chi connectivity index (χ4v) is 7.83. The van der Waals surface area contributed by atoms with Crippen molar-refractivity contribution in [1.29, 1.82) is 0 Å². The van der Waals surface area contributed by atoms with Crippen molar-refractivity contribution in [3.8, 4) is 0 Å². The van der Waals surface area contributed by atoms with Crippen LogP contribution in [0.2, 0.25) is 0 Å². The molecular formula is C45H84N8O5. The summed E-state index contributed by atoms with van der Waals surface area (Å²) in [5.41, 5.74) is 0.365. The number of unbranched alkanes of at least 4 members (excludes halogenated alkanes) is 2. The Balaban J connectivity index is 0.00000571. The molecule has 1 amide bonds. The monoisotopic (exact) mass is 817 g/mol. The van der Waals surface area contributed by atoms with E-state index in [0.717, 1.165) is 96.3 Å². The van der Waals surface area contributed by atoms with Gasteiger partial charge < -0.3 is 14.8 Å². The van der Waals surface area contributed by atoms with Gasteiger partial charge in [-0.3, -0.25) is 41.2 Å². The van der Waals surface area contributed by atoms with Gasteiger partial charge in [-0.25, -0.2) is 10.6 Å². The molecule has 0 aromatic carbocycles. The van der Waals surface area contributed by atoms with Gasteiger partial charge in [0.25, 0.3) is 0 Å². The van der Waals surface area contributed by atoms with Crippen molar-refractivity contribution in [3.63, 3.8) is 0 Å². The zero-order chi connectivity index (χ0) is 42.9. The number of amides is 1. The maximum Gasteiger partial charge on any atom is 0.338 e. The second kappa shape index (κ2) is 29.4. The Morgan fingerprint density at radius 2 is 1.28 bits per heavy atom. The van der Waals surface area contributed by atoms with Crippen LogP contribution < -0.4 is 37.7 Å². The number of carbonyl (C=O) groups is 3. The Morgan fingerprint density at radius 1 is 0.776 bits per heavy atom. The topological polar surface area (TPSA) is 171 Å². The van der Waals surface area contributed by atoms with Crippen molar-refractivity contribution in [3.05, 3.63) is 36.6 Å². The quantitative estimate of drug-likeness (QED) is 0.0179. The summed E-state index contributed by atoms with van der Waals surface area (Å²) in [5.74, 6) is 7.07. The van der Waals surface area contributed by atoms with Gasteiger partial charge in [0.05, 0.1) is 24.7 Å². The highest BCUT2D eigenvalue weighted by molar-refractivity contribution is 5.91. The molecule has 58 heavy (non-hydrogen) atoms. The number of esters is 2. The van der Waals surface area contributed by atoms with Gasteiger partial charge in [-0.05, 0) is 102 Å². The van der Waals surface area contributed by atoms with Crippen LogP contribution in [0.25, 0.3) is 0 Å². The molecule has 2 saturated carbocycles. The fourth-order valence-electron chi connectivity index (χ4n) is 7.83. The minimum absolute atomic E-state index is 0.0395. The lowest BCUT2D eigenvalue weighted by molar-refractivity contribution is -0.151. The first-order valence-corrected chi connectivity index (χ1v) is 23.0. The van der Waals surface area contributed by atoms with Crippen molar-refractivity contribution < 1.29 is 23.9 Å². The number of nitrogens with one attached hydrogen (secondary N) is 6. The van der Waals surface area contributed by atoms with Gasteiger partial charge in [-0.1, -0.05) is 92.7 Å². The molecule has 5 unspecified atom stereocenters. The van der Waals surface area contributed by atoms with E-state index in [9.17, 15) is 14.4 Å². The number of hydrogen-bond acceptors (Lipinski definition) is 12. The molecule has 3 fully saturated rings. The highest BCUT2D eigenvalue weighted by Crippen LogP contribution is 2.27. The van der Waals surface area contributed by atoms with Crippen LogP contribution >= 0.6 is 0 Å². The Bertz CT molecular complexity index is 1230. The predicted octanol–water partition coefficient (Wildman–Crippen LogP) is 6.79. The second-order valence-corrected chi connectivity index (χ2v) is 16.5. The summed E-state index contributed by atoms with van der Waals surface area (Å²) in [6, 6.07) is 0.556. The summed E-state index contributed by atoms with van der Waals surface area (Å²) in [4.78, 5) is 38.5. The molecule has 2 aliphatic carbocycles. The molecule has 0 aromatic rings. The molecule has 334 valence electrons. The number of hydrazine groups is 1. The number of hydrogen-bond donors (Lipinski definition) is 7. The van der Waals surface area contributed by atoms with Crippen LogP contribution in [0.3, 0.4) is 0 Å². The summed E-state index contributed by atoms with van der Waals surface area (Å²) in [5, 5.41) is 22.7. The normalized spacial score (nSPS) is 26.2. The van der Waals surface area contributed by atoms with Crippen molar-refractivity contribution in [2.45, 2.75) is 195 Å². The van der Waals surface area contributed by atoms with Crippen LogP contribution in [0.1, 0.15) is 158 Å². The molecule has 0 aromatic heterocycles. The van der Waals surface area contributed by atoms with E-state index in [4.69, 9.17) is 15.3 Å². The van der Waals surface area contributed by atoms with Crippen molar-refractivity contribution in [2.75, 3.05) is 13.2 Å². The smallest absolute Gasteiger partial charge is 0.338 e. The SMILES string of the molecule is C=C/C(=C\C=C\N(N)C1NC(NC2CCC(C(=O)NC(C)C)CC2)NC(NC2CCC(C(=O)OCC(CC)CCCC)CC2)N1)C(=O)OCC(CC)CCCC.CC. The highest BCUT2D eigenvalue weighted by Gasteiger charge is 2.35. The Hall–Kier alpha value is -2.81. The lowest BCUT2D eigenvalue weighted by atomic mass is 9.85. The van der Waals surface area contributed by atoms with Crippen LogP contribution in [0.5, 0.6) is 0 Å². The first-order valence-electron chi connectivity index (χ1n) is 23.0. The summed E-state index contributed by atoms with van der Waals surface area (Å²) in [7, 11) is 0. The number of carbonyl (C=O) groups excluding carboxylic acids is 3. The average molecular weight is 817 g/mol. The molecule has 8 N–H and O–H groups in total. The number of nitrogens with two attached hydrogens (primary N) is 1. The summed E-state index contributed by atoms with van der Waals surface area (Å²) in [6.45, 7) is 21.4. The molecule has 13 nitrogen and oxygen atoms in total. The minimum Gasteiger partial charge on any atom is -0.465 e. The first-order chi connectivity index (χ1) is 28.0. The van der Waals surface area contributed by atoms with E-state index in [1.54, 1.807) is 18.4 Å². The molecule has 13 heteroatoms. The van der Waals surface area contributed by atoms with Crippen molar-refractivity contribution >= 4 is 17.8 Å². The fraction of sp³-hybridized carbons (Fsp3) is 0.800. The van der Waals surface area contributed by atoms with Gasteiger partial charge in [0.15, 0.2) is 6.29 Å². The average Bonchev–Trinajstić information content (AvgIpc) is 3.23. The van der Waals surface area contributed by atoms with E-state index in [0.29, 0.717) is 30.6 Å². The third-order valence-electron chi connectivity index (χ3n) is 11.7. The first kappa shape index (κ1) is 51.3. The largest absolute Gasteiger partial charge is 0.465 e. The zero-order valence-corrected chi connectivity index (χ0v) is 37.6. The lowest BCUT2D eigenvalue weighted by Gasteiger charge is -2.45. The third-order valence-corrected chi connectivity index (χ3v) is 11.7. The standard InChI is InChI=1S/C43H78N8O5.C2H6/c1-8-13-16-31(10-3)28-55-39(53)33(12-5)18-15-27-51(44)43-49-41(46-36-23-19-34(20-24-36)38(52)45-30(6)7)48-42(50-43)47-37-25-21-35(22-26-37)40(54)56-29-32(11-4)17-14-9-2;1-2/h12,15,18,27,30-32,34-37,41-43,46-50H,5,8-11,13-14,16-17,19-26,28-29,44H2,1-4,6-7H3,(H,45,52);1-2H3/b27-15+,33-18+;. The molecule has 3 aliphatic rings. The van der Waals surface area contributed by atoms with E-state index in [1.807, 2.05) is 27.7 Å². The number of nitrogens with zero attached hydrogens (tertiary/aromatic N) is 1. The molecule has 3 rings (SSSR count). The zero-order valence-electron chi connectivity index (χ0n) is 37.6. The van der Waals surface area contributed by atoms with Crippen LogP contribution in [0.15, 0.2) is 36.6 Å². The van der Waals surface area contributed by atoms with Gasteiger partial charge in [0, 0.05) is 30.2 Å². The van der Waals surface area contributed by atoms with Crippen molar-refractivity contribution in [2.24, 2.45) is 29.5 Å². The van der Waals surface area contributed by atoms with E-state index in [1.165, 1.54) is 17.5 Å². The van der Waals surface area contributed by atoms with Crippen LogP contribution in [-0.4, -0.2) is 73.1 Å². The molecule has 0 spiro atoms. The van der Waals surface area contributed by atoms with Gasteiger partial charge in [0.1, 0.15) is 12.6 Å². The molecule has 1 aliphatic heterocycles. The van der Waals surface area contributed by atoms with E-state index in [2.05, 4.69) is 66.2 Å². The molecule has 1 heterocycles. The van der Waals surface area contributed by atoms with Crippen LogP contribution in [0, 0.1) is 23.7 Å². The van der Waals surface area contributed by atoms with Gasteiger partial charge in [0.2, 0.25) is 5.91 Å². The lowest BCUT2D eigenvalue weighted by Crippen LogP contribution is -2.79. The Kier molecular flexibility index (Phi) is 26.0. The van der Waals surface area contributed by atoms with E-state index in [-0.39, 0.29) is 54.4 Å². The molecule has 5 atom stereocenters. The van der Waals surface area contributed by atoms with Crippen LogP contribution in [0.4, 0.5) is 0 Å². The predicted molar refractivity (Wildman–Crippen MR) is 235 cm³/mol. The van der Waals surface area contributed by atoms with Crippen LogP contribution in [-0.2, 0) is 23.9 Å². The molecule has 0 bridgehead atoms. The third kappa shape index (κ3) is 19.1. The molecule has 0 radical (unpaired) electrons. The van der Waals surface area contributed by atoms with E-state index < -0.39 is 12.3 Å². The Morgan fingerprint density at radius 3 is 1.74 bits per heavy atom. The number of rotatable bonds is 24. The maximum atomic E-state index is 13.0. The summed E-state index contributed by atoms with van der Waals surface area (Å²) in [6.07, 6.45) is 21.0. The minimum atomic E-state index is -0.474. The van der Waals surface area contributed by atoms with E-state index >= 15 is 0 Å². The summed E-state index contributed by atoms with van der Waals surface area (Å²) < 4.78 is 11.4. The number of ether oxygens (including phenoxy) is 2. The van der Waals surface area contributed by atoms with Gasteiger partial charge in [-0.15, -0.1) is 0 Å². The molecule has 1 saturated heterocycles. The van der Waals surface area contributed by atoms with Crippen molar-refractivity contribution in [1.82, 2.24) is 36.9 Å². The van der Waals surface area contributed by atoms with Gasteiger partial charge in [-0.2, -0.15) is 0 Å². The second-order valence-electron chi connectivity index (χ2n) is 16.5. The van der Waals surface area contributed by atoms with Gasteiger partial charge >= 0.3 is 11.9 Å². The highest BCUT2D eigenvalue weighted by atomic mass is 16.5.